The van der Waals surface area contributed by atoms with Crippen molar-refractivity contribution in [2.24, 2.45) is 17.3 Å². The smallest absolute Gasteiger partial charge is 0.110 e. The molecule has 0 aliphatic heterocycles. The maximum atomic E-state index is 11.8. The topological polar surface area (TPSA) is 67.2 Å². The number of carbonyl (C=O) groups is 1. The molecule has 3 rings (SSSR count). The fourth-order valence-electron chi connectivity index (χ4n) is 3.88. The van der Waals surface area contributed by atoms with E-state index < -0.39 is 11.4 Å². The van der Waals surface area contributed by atoms with Gasteiger partial charge in [0.15, 0.2) is 0 Å². The maximum absolute atomic E-state index is 11.8. The zero-order valence-corrected chi connectivity index (χ0v) is 14.0. The lowest BCUT2D eigenvalue weighted by atomic mass is 9.67. The summed E-state index contributed by atoms with van der Waals surface area (Å²) >= 11 is 3.55. The van der Waals surface area contributed by atoms with Gasteiger partial charge in [-0.05, 0) is 30.0 Å². The number of hydrogen-bond acceptors (Lipinski definition) is 4. The Labute approximate surface area is 138 Å². The molecule has 2 bridgehead atoms. The molecule has 0 aromatic heterocycles. The van der Waals surface area contributed by atoms with E-state index in [9.17, 15) is 15.2 Å². The Morgan fingerprint density at radius 2 is 2.18 bits per heavy atom. The molecule has 2 aliphatic rings. The average Bonchev–Trinajstić information content (AvgIpc) is 3.06. The molecule has 1 aromatic carbocycles. The van der Waals surface area contributed by atoms with Crippen LogP contribution < -0.4 is 10.0 Å². The lowest BCUT2D eigenvalue weighted by Gasteiger charge is -2.37. The van der Waals surface area contributed by atoms with Crippen LogP contribution in [0.1, 0.15) is 17.9 Å². The Kier molecular flexibility index (Phi) is 3.53. The number of carboxylic acids is 1. The van der Waals surface area contributed by atoms with Gasteiger partial charge in [0.2, 0.25) is 0 Å². The zero-order valence-electron chi connectivity index (χ0n) is 12.4. The van der Waals surface area contributed by atoms with Gasteiger partial charge in [-0.15, -0.1) is 0 Å². The Morgan fingerprint density at radius 3 is 2.73 bits per heavy atom. The Morgan fingerprint density at radius 1 is 1.45 bits per heavy atom. The summed E-state index contributed by atoms with van der Waals surface area (Å²) < 4.78 is 0.838. The summed E-state index contributed by atoms with van der Waals surface area (Å²) in [7, 11) is 3.89. The molecular formula is C17H16BrN2O2-. The predicted molar refractivity (Wildman–Crippen MR) is 85.0 cm³/mol. The van der Waals surface area contributed by atoms with Crippen molar-refractivity contribution in [3.05, 3.63) is 40.4 Å². The summed E-state index contributed by atoms with van der Waals surface area (Å²) in [5, 5.41) is 21.5. The van der Waals surface area contributed by atoms with Crippen molar-refractivity contribution < 1.29 is 9.90 Å². The average molecular weight is 360 g/mol. The number of nitriles is 1. The standard InChI is InChI=1S/C17H17BrN2O2/c1-20(2)12-5-6-13(14(18)8-12)15-10-3-4-11(7-10)17(15,9-19)16(21)22/h3-6,8,10-11,15H,7H2,1-2H3,(H,21,22)/p-1/t10-,11+,15+,17-/m1/s1. The monoisotopic (exact) mass is 359 g/mol. The Balaban J connectivity index is 2.13. The van der Waals surface area contributed by atoms with Gasteiger partial charge in [-0.2, -0.15) is 5.26 Å². The second-order valence-electron chi connectivity index (χ2n) is 6.24. The number of fused-ring (bicyclic) bond motifs is 2. The van der Waals surface area contributed by atoms with Gasteiger partial charge in [-0.25, -0.2) is 0 Å². The largest absolute Gasteiger partial charge is 0.548 e. The first-order valence-electron chi connectivity index (χ1n) is 7.19. The van der Waals surface area contributed by atoms with Crippen molar-refractivity contribution in [3.63, 3.8) is 0 Å². The van der Waals surface area contributed by atoms with Crippen LogP contribution in [0.15, 0.2) is 34.8 Å². The number of benzene rings is 1. The van der Waals surface area contributed by atoms with Crippen molar-refractivity contribution in [2.45, 2.75) is 12.3 Å². The van der Waals surface area contributed by atoms with E-state index in [0.29, 0.717) is 6.42 Å². The summed E-state index contributed by atoms with van der Waals surface area (Å²) in [6.45, 7) is 0. The zero-order chi connectivity index (χ0) is 16.1. The molecule has 1 fully saturated rings. The van der Waals surface area contributed by atoms with Crippen LogP contribution >= 0.6 is 15.9 Å². The number of anilines is 1. The van der Waals surface area contributed by atoms with E-state index in [0.717, 1.165) is 15.7 Å². The fourth-order valence-corrected chi connectivity index (χ4v) is 4.49. The fraction of sp³-hybridized carbons (Fsp3) is 0.412. The third kappa shape index (κ3) is 1.90. The van der Waals surface area contributed by atoms with Crippen LogP contribution in [0.3, 0.4) is 0 Å². The first kappa shape index (κ1) is 15.1. The SMILES string of the molecule is CN(C)c1ccc([C@@H]2[C@@H]3C=C[C@@H](C3)[C@@]2(C#N)C(=O)[O-])c(Br)c1. The van der Waals surface area contributed by atoms with Crippen LogP contribution in [-0.4, -0.2) is 20.1 Å². The van der Waals surface area contributed by atoms with E-state index in [1.165, 1.54) is 0 Å². The Hall–Kier alpha value is -1.80. The second kappa shape index (κ2) is 5.13. The first-order valence-corrected chi connectivity index (χ1v) is 7.99. The summed E-state index contributed by atoms with van der Waals surface area (Å²) in [5.74, 6) is -1.83. The highest BCUT2D eigenvalue weighted by Crippen LogP contribution is 2.61. The van der Waals surface area contributed by atoms with Gasteiger partial charge in [0.05, 0.1) is 12.0 Å². The molecule has 0 radical (unpaired) electrons. The number of aliphatic carboxylic acids is 1. The molecule has 1 aromatic rings. The van der Waals surface area contributed by atoms with Crippen molar-refractivity contribution in [3.8, 4) is 6.07 Å². The summed E-state index contributed by atoms with van der Waals surface area (Å²) in [4.78, 5) is 13.8. The molecule has 2 aliphatic carbocycles. The molecule has 4 atom stereocenters. The Bertz CT molecular complexity index is 707. The minimum Gasteiger partial charge on any atom is -0.548 e. The molecule has 114 valence electrons. The number of nitrogens with zero attached hydrogens (tertiary/aromatic N) is 2. The number of rotatable bonds is 3. The van der Waals surface area contributed by atoms with Gasteiger partial charge in [-0.1, -0.05) is 34.1 Å². The first-order chi connectivity index (χ1) is 10.4. The lowest BCUT2D eigenvalue weighted by Crippen LogP contribution is -2.48. The van der Waals surface area contributed by atoms with E-state index in [-0.39, 0.29) is 17.8 Å². The number of carboxylic acid groups (broad SMARTS) is 1. The van der Waals surface area contributed by atoms with Crippen LogP contribution in [0.2, 0.25) is 0 Å². The van der Waals surface area contributed by atoms with E-state index in [4.69, 9.17) is 0 Å². The number of hydrogen-bond donors (Lipinski definition) is 0. The molecule has 4 nitrogen and oxygen atoms in total. The van der Waals surface area contributed by atoms with Crippen molar-refractivity contribution >= 4 is 27.6 Å². The molecule has 0 heterocycles. The van der Waals surface area contributed by atoms with E-state index >= 15 is 0 Å². The highest BCUT2D eigenvalue weighted by Gasteiger charge is 2.58. The highest BCUT2D eigenvalue weighted by atomic mass is 79.9. The van der Waals surface area contributed by atoms with E-state index in [2.05, 4.69) is 22.0 Å². The summed E-state index contributed by atoms with van der Waals surface area (Å²) in [6.07, 6.45) is 4.61. The number of allylic oxidation sites excluding steroid dienone is 2. The van der Waals surface area contributed by atoms with Crippen LogP contribution in [0.25, 0.3) is 0 Å². The van der Waals surface area contributed by atoms with Gasteiger partial charge in [0.25, 0.3) is 0 Å². The van der Waals surface area contributed by atoms with Crippen molar-refractivity contribution in [1.82, 2.24) is 0 Å². The van der Waals surface area contributed by atoms with Gasteiger partial charge in [0.1, 0.15) is 5.41 Å². The van der Waals surface area contributed by atoms with Crippen LogP contribution in [0, 0.1) is 28.6 Å². The molecule has 0 unspecified atom stereocenters. The molecule has 5 heteroatoms. The molecule has 22 heavy (non-hydrogen) atoms. The third-order valence-electron chi connectivity index (χ3n) is 4.98. The van der Waals surface area contributed by atoms with Crippen molar-refractivity contribution in [2.75, 3.05) is 19.0 Å². The summed E-state index contributed by atoms with van der Waals surface area (Å²) in [6, 6.07) is 7.91. The number of carbonyl (C=O) groups excluding carboxylic acids is 1. The van der Waals surface area contributed by atoms with Gasteiger partial charge >= 0.3 is 0 Å². The van der Waals surface area contributed by atoms with Crippen molar-refractivity contribution in [1.29, 1.82) is 5.26 Å². The van der Waals surface area contributed by atoms with Gasteiger partial charge in [-0.3, -0.25) is 0 Å². The molecule has 0 N–H and O–H groups in total. The normalized spacial score (nSPS) is 32.0. The minimum absolute atomic E-state index is 0.0732. The minimum atomic E-state index is -1.47. The van der Waals surface area contributed by atoms with E-state index in [1.54, 1.807) is 0 Å². The summed E-state index contributed by atoms with van der Waals surface area (Å²) in [5.41, 5.74) is 0.417. The second-order valence-corrected chi connectivity index (χ2v) is 7.09. The lowest BCUT2D eigenvalue weighted by molar-refractivity contribution is -0.318. The maximum Gasteiger partial charge on any atom is 0.110 e. The van der Waals surface area contributed by atoms with Gasteiger partial charge in [0, 0.05) is 36.1 Å². The van der Waals surface area contributed by atoms with Crippen LogP contribution in [0.5, 0.6) is 0 Å². The third-order valence-corrected chi connectivity index (χ3v) is 5.67. The number of halogens is 1. The highest BCUT2D eigenvalue weighted by molar-refractivity contribution is 9.10. The van der Waals surface area contributed by atoms with Crippen LogP contribution in [0.4, 0.5) is 5.69 Å². The molecule has 0 saturated heterocycles. The molecule has 0 spiro atoms. The van der Waals surface area contributed by atoms with E-state index in [1.807, 2.05) is 49.3 Å². The van der Waals surface area contributed by atoms with Gasteiger partial charge < -0.3 is 14.8 Å². The molecule has 0 amide bonds. The molecular weight excluding hydrogens is 344 g/mol. The predicted octanol–water partition coefficient (Wildman–Crippen LogP) is 2.06. The van der Waals surface area contributed by atoms with Crippen LogP contribution in [-0.2, 0) is 4.79 Å². The molecule has 1 saturated carbocycles. The quantitative estimate of drug-likeness (QED) is 0.774.